The summed E-state index contributed by atoms with van der Waals surface area (Å²) < 4.78 is 11.2. The number of hydrogen-bond donors (Lipinski definition) is 1. The second-order valence-electron chi connectivity index (χ2n) is 9.43. The maximum Gasteiger partial charge on any atom is 0.220 e. The van der Waals surface area contributed by atoms with Crippen LogP contribution in [0.3, 0.4) is 0 Å². The van der Waals surface area contributed by atoms with Gasteiger partial charge in [0.25, 0.3) is 0 Å². The number of carbonyl (C=O) groups is 1. The second-order valence-corrected chi connectivity index (χ2v) is 9.43. The van der Waals surface area contributed by atoms with Crippen molar-refractivity contribution in [3.8, 4) is 11.5 Å². The molecule has 1 N–H and O–H groups in total. The molecule has 4 fully saturated rings. The normalized spacial score (nSPS) is 31.4. The summed E-state index contributed by atoms with van der Waals surface area (Å²) in [4.78, 5) is 12.5. The fraction of sp³-hybridized carbons (Fsp3) is 0.708. The van der Waals surface area contributed by atoms with Crippen molar-refractivity contribution in [3.05, 3.63) is 24.3 Å². The molecule has 4 aliphatic rings. The van der Waals surface area contributed by atoms with Crippen LogP contribution < -0.4 is 14.8 Å². The summed E-state index contributed by atoms with van der Waals surface area (Å²) in [5.74, 6) is 4.63. The molecule has 4 saturated carbocycles. The predicted molar refractivity (Wildman–Crippen MR) is 111 cm³/mol. The molecule has 0 aromatic heterocycles. The van der Waals surface area contributed by atoms with E-state index in [-0.39, 0.29) is 5.91 Å². The highest BCUT2D eigenvalue weighted by Crippen LogP contribution is 2.61. The van der Waals surface area contributed by atoms with Gasteiger partial charge in [-0.1, -0.05) is 0 Å². The average Bonchev–Trinajstić information content (AvgIpc) is 2.66. The van der Waals surface area contributed by atoms with Crippen LogP contribution in [0, 0.1) is 23.2 Å². The van der Waals surface area contributed by atoms with Gasteiger partial charge in [-0.25, -0.2) is 0 Å². The minimum atomic E-state index is 0.179. The van der Waals surface area contributed by atoms with Gasteiger partial charge in [0.05, 0.1) is 13.2 Å². The third-order valence-corrected chi connectivity index (χ3v) is 7.33. The Kier molecular flexibility index (Phi) is 5.84. The Bertz CT molecular complexity index is 634. The first kappa shape index (κ1) is 19.6. The number of hydrogen-bond acceptors (Lipinski definition) is 3. The van der Waals surface area contributed by atoms with E-state index in [9.17, 15) is 4.79 Å². The largest absolute Gasteiger partial charge is 0.494 e. The summed E-state index contributed by atoms with van der Waals surface area (Å²) in [6.45, 7) is 5.45. The minimum absolute atomic E-state index is 0.179. The van der Waals surface area contributed by atoms with E-state index in [1.807, 2.05) is 31.2 Å². The predicted octanol–water partition coefficient (Wildman–Crippen LogP) is 4.97. The topological polar surface area (TPSA) is 47.6 Å². The van der Waals surface area contributed by atoms with Crippen molar-refractivity contribution in [3.63, 3.8) is 0 Å². The first-order valence-corrected chi connectivity index (χ1v) is 11.2. The standard InChI is InChI=1S/C24H35NO3/c1-3-27-21-6-8-22(9-7-21)28-10-4-5-23(26)25-17(2)24-14-18-11-19(15-24)13-20(12-18)16-24/h6-9,17-20H,3-5,10-16H2,1-2H3,(H,25,26)/t17-,18?,19?,20?,24?/m0/s1. The number of rotatable bonds is 9. The number of carbonyl (C=O) groups excluding carboxylic acids is 1. The minimum Gasteiger partial charge on any atom is -0.494 e. The Hall–Kier alpha value is -1.71. The van der Waals surface area contributed by atoms with Gasteiger partial charge in [0.15, 0.2) is 0 Å². The molecule has 4 nitrogen and oxygen atoms in total. The molecule has 0 unspecified atom stereocenters. The van der Waals surface area contributed by atoms with Crippen LogP contribution in [0.4, 0.5) is 0 Å². The van der Waals surface area contributed by atoms with E-state index in [4.69, 9.17) is 9.47 Å². The molecule has 5 rings (SSSR count). The van der Waals surface area contributed by atoms with Crippen molar-refractivity contribution in [1.29, 1.82) is 0 Å². The molecular formula is C24H35NO3. The molecule has 28 heavy (non-hydrogen) atoms. The molecule has 0 saturated heterocycles. The van der Waals surface area contributed by atoms with Gasteiger partial charge >= 0.3 is 0 Å². The van der Waals surface area contributed by atoms with E-state index in [2.05, 4.69) is 12.2 Å². The van der Waals surface area contributed by atoms with Gasteiger partial charge in [-0.15, -0.1) is 0 Å². The highest BCUT2D eigenvalue weighted by atomic mass is 16.5. The maximum absolute atomic E-state index is 12.5. The zero-order valence-electron chi connectivity index (χ0n) is 17.4. The Labute approximate surface area is 169 Å². The summed E-state index contributed by atoms with van der Waals surface area (Å²) in [6.07, 6.45) is 9.62. The molecule has 1 amide bonds. The lowest BCUT2D eigenvalue weighted by Gasteiger charge is -2.59. The fourth-order valence-electron chi connectivity index (χ4n) is 6.40. The third kappa shape index (κ3) is 4.31. The zero-order chi connectivity index (χ0) is 19.6. The van der Waals surface area contributed by atoms with Gasteiger partial charge in [-0.3, -0.25) is 4.79 Å². The van der Waals surface area contributed by atoms with E-state index in [1.165, 1.54) is 38.5 Å². The van der Waals surface area contributed by atoms with Crippen LogP contribution in [0.5, 0.6) is 11.5 Å². The van der Waals surface area contributed by atoms with Crippen molar-refractivity contribution >= 4 is 5.91 Å². The fourth-order valence-corrected chi connectivity index (χ4v) is 6.40. The third-order valence-electron chi connectivity index (χ3n) is 7.33. The molecule has 4 aliphatic carbocycles. The van der Waals surface area contributed by atoms with Crippen LogP contribution in [0.15, 0.2) is 24.3 Å². The molecule has 154 valence electrons. The molecule has 1 atom stereocenters. The monoisotopic (exact) mass is 385 g/mol. The van der Waals surface area contributed by atoms with Crippen LogP contribution in [-0.2, 0) is 4.79 Å². The van der Waals surface area contributed by atoms with Crippen molar-refractivity contribution in [2.24, 2.45) is 23.2 Å². The van der Waals surface area contributed by atoms with Crippen LogP contribution >= 0.6 is 0 Å². The van der Waals surface area contributed by atoms with Crippen LogP contribution in [0.1, 0.15) is 65.2 Å². The number of amides is 1. The van der Waals surface area contributed by atoms with Gasteiger partial charge in [0, 0.05) is 12.5 Å². The van der Waals surface area contributed by atoms with Crippen molar-refractivity contribution in [2.75, 3.05) is 13.2 Å². The quantitative estimate of drug-likeness (QED) is 0.611. The van der Waals surface area contributed by atoms with Crippen LogP contribution in [0.2, 0.25) is 0 Å². The molecular weight excluding hydrogens is 350 g/mol. The first-order chi connectivity index (χ1) is 13.6. The van der Waals surface area contributed by atoms with E-state index in [0.717, 1.165) is 35.7 Å². The van der Waals surface area contributed by atoms with Crippen molar-refractivity contribution in [1.82, 2.24) is 5.32 Å². The van der Waals surface area contributed by atoms with Crippen LogP contribution in [0.25, 0.3) is 0 Å². The maximum atomic E-state index is 12.5. The summed E-state index contributed by atoms with van der Waals surface area (Å²) in [7, 11) is 0. The molecule has 0 radical (unpaired) electrons. The van der Waals surface area contributed by atoms with E-state index < -0.39 is 0 Å². The van der Waals surface area contributed by atoms with Gasteiger partial charge < -0.3 is 14.8 Å². The molecule has 1 aromatic rings. The highest BCUT2D eigenvalue weighted by Gasteiger charge is 2.53. The lowest BCUT2D eigenvalue weighted by atomic mass is 9.48. The van der Waals surface area contributed by atoms with Gasteiger partial charge in [0.2, 0.25) is 5.91 Å². The molecule has 4 bridgehead atoms. The summed E-state index contributed by atoms with van der Waals surface area (Å²) in [5, 5.41) is 3.35. The van der Waals surface area contributed by atoms with E-state index >= 15 is 0 Å². The van der Waals surface area contributed by atoms with Crippen LogP contribution in [-0.4, -0.2) is 25.2 Å². The molecule has 0 heterocycles. The number of benzene rings is 1. The lowest BCUT2D eigenvalue weighted by Crippen LogP contribution is -2.55. The summed E-state index contributed by atoms with van der Waals surface area (Å²) >= 11 is 0. The molecule has 4 heteroatoms. The number of nitrogens with one attached hydrogen (secondary N) is 1. The smallest absolute Gasteiger partial charge is 0.220 e. The Morgan fingerprint density at radius 2 is 1.57 bits per heavy atom. The van der Waals surface area contributed by atoms with E-state index in [1.54, 1.807) is 0 Å². The van der Waals surface area contributed by atoms with Gasteiger partial charge in [-0.2, -0.15) is 0 Å². The van der Waals surface area contributed by atoms with Gasteiger partial charge in [0.1, 0.15) is 11.5 Å². The number of ether oxygens (including phenoxy) is 2. The van der Waals surface area contributed by atoms with E-state index in [0.29, 0.717) is 31.1 Å². The van der Waals surface area contributed by atoms with Gasteiger partial charge in [-0.05, 0) is 106 Å². The Balaban J connectivity index is 1.18. The molecule has 1 aromatic carbocycles. The SMILES string of the molecule is CCOc1ccc(OCCCC(=O)N[C@@H](C)C23CC4CC(CC(C4)C2)C3)cc1. The zero-order valence-corrected chi connectivity index (χ0v) is 17.4. The second kappa shape index (κ2) is 8.34. The highest BCUT2D eigenvalue weighted by molar-refractivity contribution is 5.76. The molecule has 0 spiro atoms. The Morgan fingerprint density at radius 1 is 1.04 bits per heavy atom. The average molecular weight is 386 g/mol. The van der Waals surface area contributed by atoms with Crippen molar-refractivity contribution in [2.45, 2.75) is 71.3 Å². The first-order valence-electron chi connectivity index (χ1n) is 11.2. The Morgan fingerprint density at radius 3 is 2.11 bits per heavy atom. The lowest BCUT2D eigenvalue weighted by molar-refractivity contribution is -0.126. The van der Waals surface area contributed by atoms with Crippen molar-refractivity contribution < 1.29 is 14.3 Å². The molecule has 0 aliphatic heterocycles. The summed E-state index contributed by atoms with van der Waals surface area (Å²) in [6, 6.07) is 7.97. The summed E-state index contributed by atoms with van der Waals surface area (Å²) in [5.41, 5.74) is 0.378.